The summed E-state index contributed by atoms with van der Waals surface area (Å²) in [6.07, 6.45) is 2.83. The first kappa shape index (κ1) is 14.4. The maximum absolute atomic E-state index is 10.7. The lowest BCUT2D eigenvalue weighted by Gasteiger charge is -2.19. The predicted molar refractivity (Wildman–Crippen MR) is 72.0 cm³/mol. The quantitative estimate of drug-likeness (QED) is 0.460. The van der Waals surface area contributed by atoms with Crippen LogP contribution in [0.4, 0.5) is 11.4 Å². The minimum atomic E-state index is -0.361. The highest BCUT2D eigenvalue weighted by atomic mass is 16.6. The number of nitro groups is 1. The predicted octanol–water partition coefficient (Wildman–Crippen LogP) is 2.50. The maximum atomic E-state index is 10.7. The van der Waals surface area contributed by atoms with Crippen LogP contribution in [0.5, 0.6) is 0 Å². The van der Waals surface area contributed by atoms with Gasteiger partial charge in [-0.05, 0) is 38.3 Å². The molecule has 1 rings (SSSR count). The third-order valence-corrected chi connectivity index (χ3v) is 2.97. The zero-order valence-corrected chi connectivity index (χ0v) is 10.9. The number of aryl methyl sites for hydroxylation is 1. The molecule has 0 heterocycles. The van der Waals surface area contributed by atoms with Crippen LogP contribution in [-0.2, 0) is 0 Å². The topological polar surface area (TPSA) is 66.6 Å². The standard InChI is InChI=1S/C13H20N2O3/c1-11-10-12(6-7-13(11)15(17)18)14(2)8-4-3-5-9-16/h6-7,10,16H,3-5,8-9H2,1-2H3. The minimum absolute atomic E-state index is 0.160. The molecule has 0 saturated carbocycles. The van der Waals surface area contributed by atoms with E-state index in [0.717, 1.165) is 31.5 Å². The largest absolute Gasteiger partial charge is 0.396 e. The van der Waals surface area contributed by atoms with E-state index in [-0.39, 0.29) is 17.2 Å². The molecule has 100 valence electrons. The van der Waals surface area contributed by atoms with E-state index in [0.29, 0.717) is 5.56 Å². The second-order valence-electron chi connectivity index (χ2n) is 4.43. The molecule has 0 aliphatic carbocycles. The summed E-state index contributed by atoms with van der Waals surface area (Å²) in [6, 6.07) is 5.16. The molecule has 1 aromatic rings. The van der Waals surface area contributed by atoms with Crippen LogP contribution in [0.25, 0.3) is 0 Å². The summed E-state index contributed by atoms with van der Waals surface area (Å²) in [5, 5.41) is 19.4. The van der Waals surface area contributed by atoms with Crippen molar-refractivity contribution in [2.45, 2.75) is 26.2 Å². The van der Waals surface area contributed by atoms with Gasteiger partial charge < -0.3 is 10.0 Å². The van der Waals surface area contributed by atoms with Crippen molar-refractivity contribution in [3.05, 3.63) is 33.9 Å². The number of hydrogen-bond acceptors (Lipinski definition) is 4. The number of benzene rings is 1. The van der Waals surface area contributed by atoms with Gasteiger partial charge in [0.05, 0.1) is 4.92 Å². The van der Waals surface area contributed by atoms with Crippen molar-refractivity contribution in [2.75, 3.05) is 25.1 Å². The van der Waals surface area contributed by atoms with Gasteiger partial charge in [-0.3, -0.25) is 10.1 Å². The Morgan fingerprint density at radius 3 is 2.61 bits per heavy atom. The van der Waals surface area contributed by atoms with Crippen molar-refractivity contribution in [3.8, 4) is 0 Å². The normalized spacial score (nSPS) is 10.4. The highest BCUT2D eigenvalue weighted by Gasteiger charge is 2.11. The fourth-order valence-corrected chi connectivity index (χ4v) is 1.85. The summed E-state index contributed by atoms with van der Waals surface area (Å²) in [6.45, 7) is 2.87. The molecule has 0 bridgehead atoms. The van der Waals surface area contributed by atoms with E-state index < -0.39 is 0 Å². The van der Waals surface area contributed by atoms with Crippen LogP contribution in [-0.4, -0.2) is 30.2 Å². The molecule has 5 nitrogen and oxygen atoms in total. The third kappa shape index (κ3) is 4.00. The number of hydrogen-bond donors (Lipinski definition) is 1. The second-order valence-corrected chi connectivity index (χ2v) is 4.43. The summed E-state index contributed by atoms with van der Waals surface area (Å²) >= 11 is 0. The van der Waals surface area contributed by atoms with Gasteiger partial charge in [-0.25, -0.2) is 0 Å². The lowest BCUT2D eigenvalue weighted by molar-refractivity contribution is -0.385. The van der Waals surface area contributed by atoms with Gasteiger partial charge in [-0.2, -0.15) is 0 Å². The lowest BCUT2D eigenvalue weighted by Crippen LogP contribution is -2.18. The number of aliphatic hydroxyl groups excluding tert-OH is 1. The van der Waals surface area contributed by atoms with Crippen LogP contribution in [0, 0.1) is 17.0 Å². The van der Waals surface area contributed by atoms with Crippen LogP contribution in [0.2, 0.25) is 0 Å². The molecule has 0 fully saturated rings. The molecule has 18 heavy (non-hydrogen) atoms. The monoisotopic (exact) mass is 252 g/mol. The third-order valence-electron chi connectivity index (χ3n) is 2.97. The first-order chi connectivity index (χ1) is 8.56. The summed E-state index contributed by atoms with van der Waals surface area (Å²) < 4.78 is 0. The Hall–Kier alpha value is -1.62. The highest BCUT2D eigenvalue weighted by Crippen LogP contribution is 2.23. The summed E-state index contributed by atoms with van der Waals surface area (Å²) in [5.41, 5.74) is 1.83. The molecule has 1 N–H and O–H groups in total. The Kier molecular flexibility index (Phi) is 5.58. The molecule has 0 atom stereocenters. The number of anilines is 1. The average molecular weight is 252 g/mol. The van der Waals surface area contributed by atoms with Gasteiger partial charge in [0.1, 0.15) is 0 Å². The van der Waals surface area contributed by atoms with Crippen molar-refractivity contribution in [2.24, 2.45) is 0 Å². The summed E-state index contributed by atoms with van der Waals surface area (Å²) in [5.74, 6) is 0. The first-order valence-electron chi connectivity index (χ1n) is 6.13. The zero-order valence-electron chi connectivity index (χ0n) is 10.9. The Morgan fingerprint density at radius 1 is 1.33 bits per heavy atom. The lowest BCUT2D eigenvalue weighted by atomic mass is 10.1. The van der Waals surface area contributed by atoms with E-state index in [9.17, 15) is 10.1 Å². The van der Waals surface area contributed by atoms with Crippen molar-refractivity contribution >= 4 is 11.4 Å². The van der Waals surface area contributed by atoms with Gasteiger partial charge in [0, 0.05) is 37.5 Å². The van der Waals surface area contributed by atoms with Gasteiger partial charge in [-0.15, -0.1) is 0 Å². The minimum Gasteiger partial charge on any atom is -0.396 e. The van der Waals surface area contributed by atoms with E-state index in [2.05, 4.69) is 4.90 Å². The van der Waals surface area contributed by atoms with Crippen molar-refractivity contribution in [1.29, 1.82) is 0 Å². The number of unbranched alkanes of at least 4 members (excludes halogenated alkanes) is 2. The molecule has 0 aliphatic rings. The van der Waals surface area contributed by atoms with E-state index in [1.54, 1.807) is 19.1 Å². The summed E-state index contributed by atoms with van der Waals surface area (Å²) in [7, 11) is 1.97. The van der Waals surface area contributed by atoms with Crippen LogP contribution in [0.15, 0.2) is 18.2 Å². The number of nitro benzene ring substituents is 1. The number of nitrogens with zero attached hydrogens (tertiary/aromatic N) is 2. The Labute approximate surface area is 107 Å². The molecule has 5 heteroatoms. The SMILES string of the molecule is Cc1cc(N(C)CCCCCO)ccc1[N+](=O)[O-]. The van der Waals surface area contributed by atoms with Crippen molar-refractivity contribution in [1.82, 2.24) is 0 Å². The van der Waals surface area contributed by atoms with Crippen LogP contribution in [0.3, 0.4) is 0 Å². The number of aliphatic hydroxyl groups is 1. The fourth-order valence-electron chi connectivity index (χ4n) is 1.85. The fraction of sp³-hybridized carbons (Fsp3) is 0.538. The molecular weight excluding hydrogens is 232 g/mol. The Morgan fingerprint density at radius 2 is 2.06 bits per heavy atom. The number of rotatable bonds is 7. The van der Waals surface area contributed by atoms with Crippen molar-refractivity contribution in [3.63, 3.8) is 0 Å². The van der Waals surface area contributed by atoms with Gasteiger partial charge in [0.15, 0.2) is 0 Å². The molecule has 0 saturated heterocycles. The van der Waals surface area contributed by atoms with E-state index in [1.165, 1.54) is 0 Å². The molecular formula is C13H20N2O3. The van der Waals surface area contributed by atoms with Crippen LogP contribution in [0.1, 0.15) is 24.8 Å². The Bertz CT molecular complexity index is 407. The van der Waals surface area contributed by atoms with E-state index in [4.69, 9.17) is 5.11 Å². The van der Waals surface area contributed by atoms with Gasteiger partial charge in [0.2, 0.25) is 0 Å². The second kappa shape index (κ2) is 6.96. The van der Waals surface area contributed by atoms with Crippen LogP contribution >= 0.6 is 0 Å². The van der Waals surface area contributed by atoms with E-state index >= 15 is 0 Å². The molecule has 0 spiro atoms. The van der Waals surface area contributed by atoms with Crippen molar-refractivity contribution < 1.29 is 10.0 Å². The first-order valence-corrected chi connectivity index (χ1v) is 6.13. The van der Waals surface area contributed by atoms with Gasteiger partial charge >= 0.3 is 0 Å². The smallest absolute Gasteiger partial charge is 0.272 e. The molecule has 0 aliphatic heterocycles. The van der Waals surface area contributed by atoms with Crippen LogP contribution < -0.4 is 4.90 Å². The molecule has 0 aromatic heterocycles. The van der Waals surface area contributed by atoms with Gasteiger partial charge in [-0.1, -0.05) is 0 Å². The van der Waals surface area contributed by atoms with E-state index in [1.807, 2.05) is 13.1 Å². The molecule has 0 radical (unpaired) electrons. The molecule has 0 amide bonds. The van der Waals surface area contributed by atoms with Gasteiger partial charge in [0.25, 0.3) is 5.69 Å². The summed E-state index contributed by atoms with van der Waals surface area (Å²) in [4.78, 5) is 12.4. The maximum Gasteiger partial charge on any atom is 0.272 e. The zero-order chi connectivity index (χ0) is 13.5. The molecule has 1 aromatic carbocycles. The molecule has 0 unspecified atom stereocenters. The average Bonchev–Trinajstić information content (AvgIpc) is 2.33. The Balaban J connectivity index is 2.61. The highest BCUT2D eigenvalue weighted by molar-refractivity contribution is 5.54.